The van der Waals surface area contributed by atoms with Crippen molar-refractivity contribution in [3.05, 3.63) is 47.8 Å². The van der Waals surface area contributed by atoms with E-state index in [9.17, 15) is 4.39 Å². The van der Waals surface area contributed by atoms with Gasteiger partial charge in [-0.3, -0.25) is 0 Å². The third kappa shape index (κ3) is 2.39. The van der Waals surface area contributed by atoms with Gasteiger partial charge in [0.15, 0.2) is 0 Å². The topological polar surface area (TPSA) is 20.2 Å². The Hall–Kier alpha value is -1.85. The summed E-state index contributed by atoms with van der Waals surface area (Å²) in [5.74, 6) is 5.52. The van der Waals surface area contributed by atoms with Crippen LogP contribution in [0.4, 0.5) is 4.39 Å². The zero-order valence-corrected chi connectivity index (χ0v) is 8.70. The summed E-state index contributed by atoms with van der Waals surface area (Å²) in [4.78, 5) is 0. The average Bonchev–Trinajstić information content (AvgIpc) is 2.29. The van der Waals surface area contributed by atoms with Crippen molar-refractivity contribution in [3.63, 3.8) is 0 Å². The number of halogens is 1. The van der Waals surface area contributed by atoms with Crippen LogP contribution >= 0.6 is 0 Å². The van der Waals surface area contributed by atoms with Gasteiger partial charge in [0.25, 0.3) is 0 Å². The van der Waals surface area contributed by atoms with Crippen molar-refractivity contribution in [3.8, 4) is 11.8 Å². The largest absolute Gasteiger partial charge is 0.395 e. The van der Waals surface area contributed by atoms with Crippen LogP contribution in [0.1, 0.15) is 12.0 Å². The van der Waals surface area contributed by atoms with Crippen molar-refractivity contribution < 1.29 is 9.50 Å². The first-order valence-electron chi connectivity index (χ1n) is 5.08. The molecule has 0 aliphatic rings. The van der Waals surface area contributed by atoms with Gasteiger partial charge in [0, 0.05) is 12.0 Å². The van der Waals surface area contributed by atoms with Crippen molar-refractivity contribution in [1.82, 2.24) is 0 Å². The number of fused-ring (bicyclic) bond motifs is 1. The molecule has 2 rings (SSSR count). The lowest BCUT2D eigenvalue weighted by molar-refractivity contribution is 0.305. The maximum absolute atomic E-state index is 13.0. The predicted octanol–water partition coefficient (Wildman–Crippen LogP) is 2.71. The van der Waals surface area contributed by atoms with Crippen LogP contribution in [-0.2, 0) is 0 Å². The Bertz CT molecular complexity index is 564. The minimum atomic E-state index is -0.243. The van der Waals surface area contributed by atoms with Crippen molar-refractivity contribution >= 4 is 10.8 Å². The van der Waals surface area contributed by atoms with Gasteiger partial charge in [-0.15, -0.1) is 0 Å². The minimum absolute atomic E-state index is 0.0647. The predicted molar refractivity (Wildman–Crippen MR) is 62.5 cm³/mol. The van der Waals surface area contributed by atoms with E-state index in [0.29, 0.717) is 6.42 Å². The molecule has 0 radical (unpaired) electrons. The lowest BCUT2D eigenvalue weighted by Crippen LogP contribution is -1.80. The van der Waals surface area contributed by atoms with Crippen LogP contribution in [0.3, 0.4) is 0 Å². The quantitative estimate of drug-likeness (QED) is 0.724. The van der Waals surface area contributed by atoms with Gasteiger partial charge in [-0.1, -0.05) is 24.0 Å². The Morgan fingerprint density at radius 2 is 1.88 bits per heavy atom. The Morgan fingerprint density at radius 3 is 2.69 bits per heavy atom. The molecule has 0 aliphatic carbocycles. The Morgan fingerprint density at radius 1 is 1.06 bits per heavy atom. The molecule has 16 heavy (non-hydrogen) atoms. The van der Waals surface area contributed by atoms with Gasteiger partial charge in [0.05, 0.1) is 6.61 Å². The van der Waals surface area contributed by atoms with Gasteiger partial charge in [-0.05, 0) is 35.0 Å². The number of aliphatic hydroxyl groups is 1. The molecule has 2 aromatic carbocycles. The molecule has 0 atom stereocenters. The lowest BCUT2D eigenvalue weighted by Gasteiger charge is -1.98. The molecule has 0 spiro atoms. The number of rotatable bonds is 1. The van der Waals surface area contributed by atoms with Crippen LogP contribution in [0.15, 0.2) is 36.4 Å². The summed E-state index contributed by atoms with van der Waals surface area (Å²) in [5, 5.41) is 10.4. The third-order valence-corrected chi connectivity index (χ3v) is 2.27. The number of hydrogen-bond acceptors (Lipinski definition) is 1. The molecular formula is C14H11FO. The number of aliphatic hydroxyl groups excluding tert-OH is 1. The monoisotopic (exact) mass is 214 g/mol. The smallest absolute Gasteiger partial charge is 0.123 e. The third-order valence-electron chi connectivity index (χ3n) is 2.27. The van der Waals surface area contributed by atoms with Crippen LogP contribution in [0.5, 0.6) is 0 Å². The number of benzene rings is 2. The van der Waals surface area contributed by atoms with Crippen LogP contribution in [-0.4, -0.2) is 11.7 Å². The van der Waals surface area contributed by atoms with Crippen molar-refractivity contribution in [2.45, 2.75) is 6.42 Å². The summed E-state index contributed by atoms with van der Waals surface area (Å²) in [6.45, 7) is 0.0647. The Balaban J connectivity index is 2.40. The van der Waals surface area contributed by atoms with Crippen LogP contribution in [0.2, 0.25) is 0 Å². The van der Waals surface area contributed by atoms with E-state index >= 15 is 0 Å². The van der Waals surface area contributed by atoms with Gasteiger partial charge in [0.1, 0.15) is 5.82 Å². The highest BCUT2D eigenvalue weighted by Crippen LogP contribution is 2.16. The first-order valence-corrected chi connectivity index (χ1v) is 5.08. The molecule has 0 amide bonds. The second-order valence-corrected chi connectivity index (χ2v) is 3.48. The highest BCUT2D eigenvalue weighted by molar-refractivity contribution is 5.83. The summed E-state index contributed by atoms with van der Waals surface area (Å²) >= 11 is 0. The van der Waals surface area contributed by atoms with Crippen molar-refractivity contribution in [2.75, 3.05) is 6.61 Å². The molecule has 0 unspecified atom stereocenters. The summed E-state index contributed by atoms with van der Waals surface area (Å²) in [5.41, 5.74) is 0.839. The molecule has 0 fully saturated rings. The van der Waals surface area contributed by atoms with E-state index < -0.39 is 0 Å². The van der Waals surface area contributed by atoms with Crippen molar-refractivity contribution in [2.24, 2.45) is 0 Å². The van der Waals surface area contributed by atoms with Gasteiger partial charge >= 0.3 is 0 Å². The maximum atomic E-state index is 13.0. The fourth-order valence-corrected chi connectivity index (χ4v) is 1.52. The zero-order valence-electron chi connectivity index (χ0n) is 8.70. The molecule has 0 saturated carbocycles. The van der Waals surface area contributed by atoms with Gasteiger partial charge < -0.3 is 5.11 Å². The molecule has 0 heterocycles. The Labute approximate surface area is 93.5 Å². The summed E-state index contributed by atoms with van der Waals surface area (Å²) in [6.07, 6.45) is 0.460. The highest BCUT2D eigenvalue weighted by atomic mass is 19.1. The zero-order chi connectivity index (χ0) is 11.4. The number of hydrogen-bond donors (Lipinski definition) is 1. The standard InChI is InChI=1S/C14H11FO/c15-14-7-6-12-5-4-11(3-1-2-8-16)9-13(12)10-14/h4-7,9-10,16H,2,8H2. The molecule has 80 valence electrons. The fourth-order valence-electron chi connectivity index (χ4n) is 1.52. The molecule has 0 aliphatic heterocycles. The average molecular weight is 214 g/mol. The van der Waals surface area contributed by atoms with Crippen LogP contribution in [0, 0.1) is 17.7 Å². The highest BCUT2D eigenvalue weighted by Gasteiger charge is 1.96. The van der Waals surface area contributed by atoms with E-state index in [1.165, 1.54) is 12.1 Å². The Kier molecular flexibility index (Phi) is 3.19. The molecule has 0 aromatic heterocycles. The van der Waals surface area contributed by atoms with Crippen LogP contribution < -0.4 is 0 Å². The molecular weight excluding hydrogens is 203 g/mol. The minimum Gasteiger partial charge on any atom is -0.395 e. The summed E-state index contributed by atoms with van der Waals surface area (Å²) < 4.78 is 13.0. The second-order valence-electron chi connectivity index (χ2n) is 3.48. The van der Waals surface area contributed by atoms with Gasteiger partial charge in [-0.25, -0.2) is 4.39 Å². The molecule has 2 heteroatoms. The first-order chi connectivity index (χ1) is 7.79. The second kappa shape index (κ2) is 4.78. The van der Waals surface area contributed by atoms with E-state index in [4.69, 9.17) is 5.11 Å². The van der Waals surface area contributed by atoms with E-state index in [2.05, 4.69) is 11.8 Å². The SMILES string of the molecule is OCCC#Cc1ccc2ccc(F)cc2c1. The molecule has 2 aromatic rings. The lowest BCUT2D eigenvalue weighted by atomic mass is 10.1. The van der Waals surface area contributed by atoms with Crippen molar-refractivity contribution in [1.29, 1.82) is 0 Å². The summed E-state index contributed by atoms with van der Waals surface area (Å²) in [7, 11) is 0. The van der Waals surface area contributed by atoms with Gasteiger partial charge in [-0.2, -0.15) is 0 Å². The van der Waals surface area contributed by atoms with E-state index in [1.54, 1.807) is 6.07 Å². The molecule has 1 nitrogen and oxygen atoms in total. The normalized spacial score (nSPS) is 9.88. The first kappa shape index (κ1) is 10.7. The van der Waals surface area contributed by atoms with E-state index in [-0.39, 0.29) is 12.4 Å². The van der Waals surface area contributed by atoms with E-state index in [1.807, 2.05) is 18.2 Å². The van der Waals surface area contributed by atoms with E-state index in [0.717, 1.165) is 16.3 Å². The summed E-state index contributed by atoms with van der Waals surface area (Å²) in [6, 6.07) is 10.3. The molecule has 1 N–H and O–H groups in total. The molecule has 0 bridgehead atoms. The van der Waals surface area contributed by atoms with Crippen LogP contribution in [0.25, 0.3) is 10.8 Å². The molecule has 0 saturated heterocycles. The maximum Gasteiger partial charge on any atom is 0.123 e. The van der Waals surface area contributed by atoms with Gasteiger partial charge in [0.2, 0.25) is 0 Å². The fraction of sp³-hybridized carbons (Fsp3) is 0.143.